The summed E-state index contributed by atoms with van der Waals surface area (Å²) in [7, 11) is 0. The monoisotopic (exact) mass is 551 g/mol. The van der Waals surface area contributed by atoms with Crippen LogP contribution in [-0.2, 0) is 4.79 Å². The number of rotatable bonds is 12. The van der Waals surface area contributed by atoms with Gasteiger partial charge in [-0.25, -0.2) is 4.79 Å². The lowest BCUT2D eigenvalue weighted by Gasteiger charge is -2.17. The van der Waals surface area contributed by atoms with Crippen molar-refractivity contribution in [2.75, 3.05) is 85.5 Å². The van der Waals surface area contributed by atoms with Crippen molar-refractivity contribution in [2.24, 2.45) is 11.5 Å². The van der Waals surface area contributed by atoms with Crippen molar-refractivity contribution >= 4 is 11.9 Å². The molecule has 228 valence electrons. The summed E-state index contributed by atoms with van der Waals surface area (Å²) in [6.45, 7) is 6.77. The molecular formula is C21H53N5O11. The Kier molecular flexibility index (Phi) is 50.6. The van der Waals surface area contributed by atoms with E-state index in [1.165, 1.54) is 0 Å². The zero-order valence-corrected chi connectivity index (χ0v) is 22.2. The molecular weight excluding hydrogens is 498 g/mol. The first-order chi connectivity index (χ1) is 17.4. The van der Waals surface area contributed by atoms with Gasteiger partial charge in [0.25, 0.3) is 0 Å². The van der Waals surface area contributed by atoms with Crippen LogP contribution in [0.15, 0.2) is 0 Å². The van der Waals surface area contributed by atoms with Gasteiger partial charge in [-0.2, -0.15) is 0 Å². The second kappa shape index (κ2) is 41.4. The fraction of sp³-hybridized carbons (Fsp3) is 0.905. The smallest absolute Gasteiger partial charge is 0.309 e. The Morgan fingerprint density at radius 1 is 0.865 bits per heavy atom. The minimum absolute atomic E-state index is 0.0694. The first-order valence-corrected chi connectivity index (χ1v) is 11.8. The Balaban J connectivity index is -0.000000114. The fourth-order valence-corrected chi connectivity index (χ4v) is 1.67. The van der Waals surface area contributed by atoms with Crippen LogP contribution in [0.2, 0.25) is 0 Å². The third kappa shape index (κ3) is 72.0. The minimum Gasteiger partial charge on any atom is -0.395 e. The molecule has 1 rings (SSSR count). The van der Waals surface area contributed by atoms with Crippen molar-refractivity contribution in [1.82, 2.24) is 15.5 Å². The quantitative estimate of drug-likeness (QED) is 0.101. The summed E-state index contributed by atoms with van der Waals surface area (Å²) in [4.78, 5) is 20.9. The normalized spacial score (nSPS) is 11.4. The van der Waals surface area contributed by atoms with Crippen LogP contribution in [0.1, 0.15) is 26.7 Å². The van der Waals surface area contributed by atoms with Gasteiger partial charge in [0.1, 0.15) is 6.10 Å². The van der Waals surface area contributed by atoms with E-state index in [1.807, 2.05) is 0 Å². The van der Waals surface area contributed by atoms with E-state index in [0.717, 1.165) is 19.4 Å². The second-order valence-electron chi connectivity index (χ2n) is 7.18. The maximum Gasteiger partial charge on any atom is 0.309 e. The molecule has 0 saturated carbocycles. The molecule has 0 aromatic carbocycles. The number of nitrogens with zero attached hydrogens (tertiary/aromatic N) is 1. The maximum atomic E-state index is 10.1. The summed E-state index contributed by atoms with van der Waals surface area (Å²) in [5.41, 5.74) is 8.50. The van der Waals surface area contributed by atoms with Crippen molar-refractivity contribution < 1.29 is 55.5 Å². The molecule has 0 aromatic rings. The topological polar surface area (TPSA) is 296 Å². The number of primary amides is 2. The molecule has 0 radical (unpaired) electrons. The lowest BCUT2D eigenvalue weighted by Crippen LogP contribution is -2.32. The van der Waals surface area contributed by atoms with Crippen molar-refractivity contribution in [3.8, 4) is 0 Å². The largest absolute Gasteiger partial charge is 0.395 e. The van der Waals surface area contributed by atoms with Gasteiger partial charge in [-0.3, -0.25) is 9.69 Å². The summed E-state index contributed by atoms with van der Waals surface area (Å²) < 4.78 is 0. The van der Waals surface area contributed by atoms with Gasteiger partial charge in [-0.1, -0.05) is 0 Å². The zero-order chi connectivity index (χ0) is 29.9. The van der Waals surface area contributed by atoms with E-state index in [4.69, 9.17) is 50.8 Å². The van der Waals surface area contributed by atoms with Crippen LogP contribution < -0.4 is 22.1 Å². The standard InChI is InChI=1S/C6H15NO3.C4H11NO2.C4H7NO.C3H8O3.C3H8O.CH4N2O/c8-4-1-7(2-5-9)3-6-10;6-3-1-5-2-4-7;6-4-2-1-3-5-4;4-1-3(6)2-5;1-3(2)4;2-1(3)4/h8-10H,1-6H2;5-7H,1-4H2;1-3H2,(H,5,6);3-6H,1-2H2;3-4H,1-2H3;(H4,2,3,4). The summed E-state index contributed by atoms with van der Waals surface area (Å²) in [5.74, 6) is 0.204. The molecule has 1 saturated heterocycles. The lowest BCUT2D eigenvalue weighted by atomic mass is 10.4. The van der Waals surface area contributed by atoms with Crippen LogP contribution in [0, 0.1) is 0 Å². The summed E-state index contributed by atoms with van der Waals surface area (Å²) in [6.07, 6.45) is 0.642. The first kappa shape index (κ1) is 45.2. The highest BCUT2D eigenvalue weighted by Gasteiger charge is 2.05. The van der Waals surface area contributed by atoms with Crippen molar-refractivity contribution in [2.45, 2.75) is 38.9 Å². The Bertz CT molecular complexity index is 403. The van der Waals surface area contributed by atoms with E-state index < -0.39 is 12.1 Å². The predicted octanol–water partition coefficient (Wildman–Crippen LogP) is -5.53. The molecule has 0 aliphatic carbocycles. The van der Waals surface area contributed by atoms with Gasteiger partial charge in [-0.15, -0.1) is 0 Å². The third-order valence-electron chi connectivity index (χ3n) is 3.15. The number of aliphatic hydroxyl groups excluding tert-OH is 9. The van der Waals surface area contributed by atoms with Gasteiger partial charge in [0, 0.05) is 51.8 Å². The second-order valence-corrected chi connectivity index (χ2v) is 7.18. The van der Waals surface area contributed by atoms with Crippen LogP contribution >= 0.6 is 0 Å². The molecule has 16 heteroatoms. The minimum atomic E-state index is -0.954. The van der Waals surface area contributed by atoms with Crippen molar-refractivity contribution in [3.05, 3.63) is 0 Å². The average Bonchev–Trinajstić information content (AvgIpc) is 3.31. The van der Waals surface area contributed by atoms with Crippen LogP contribution in [0.25, 0.3) is 0 Å². The number of hydrogen-bond donors (Lipinski definition) is 13. The Morgan fingerprint density at radius 3 is 1.35 bits per heavy atom. The van der Waals surface area contributed by atoms with E-state index in [2.05, 4.69) is 22.1 Å². The molecule has 16 nitrogen and oxygen atoms in total. The van der Waals surface area contributed by atoms with E-state index in [0.29, 0.717) is 32.7 Å². The van der Waals surface area contributed by atoms with Crippen molar-refractivity contribution in [1.29, 1.82) is 0 Å². The van der Waals surface area contributed by atoms with E-state index in [-0.39, 0.29) is 58.3 Å². The number of hydrogen-bond acceptors (Lipinski definition) is 13. The number of nitrogens with two attached hydrogens (primary N) is 2. The molecule has 1 aliphatic rings. The van der Waals surface area contributed by atoms with Crippen LogP contribution in [0.4, 0.5) is 4.79 Å². The van der Waals surface area contributed by atoms with E-state index >= 15 is 0 Å². The number of urea groups is 1. The average molecular weight is 552 g/mol. The summed E-state index contributed by atoms with van der Waals surface area (Å²) in [5, 5.41) is 79.3. The van der Waals surface area contributed by atoms with E-state index in [1.54, 1.807) is 18.7 Å². The molecule has 1 fully saturated rings. The first-order valence-electron chi connectivity index (χ1n) is 11.8. The molecule has 3 amide bonds. The molecule has 15 N–H and O–H groups in total. The van der Waals surface area contributed by atoms with Crippen molar-refractivity contribution in [3.63, 3.8) is 0 Å². The Hall–Kier alpha value is -1.70. The van der Waals surface area contributed by atoms with Crippen LogP contribution in [-0.4, -0.2) is 161 Å². The number of carbonyl (C=O) groups is 2. The fourth-order valence-electron chi connectivity index (χ4n) is 1.67. The van der Waals surface area contributed by atoms with Gasteiger partial charge >= 0.3 is 6.03 Å². The maximum absolute atomic E-state index is 10.1. The number of carbonyl (C=O) groups excluding carboxylic acids is 2. The van der Waals surface area contributed by atoms with Gasteiger partial charge < -0.3 is 68.1 Å². The van der Waals surface area contributed by atoms with Gasteiger partial charge in [-0.05, 0) is 20.3 Å². The zero-order valence-electron chi connectivity index (χ0n) is 22.2. The van der Waals surface area contributed by atoms with Gasteiger partial charge in [0.2, 0.25) is 5.91 Å². The highest BCUT2D eigenvalue weighted by molar-refractivity contribution is 5.77. The third-order valence-corrected chi connectivity index (χ3v) is 3.15. The van der Waals surface area contributed by atoms with Gasteiger partial charge in [0.15, 0.2) is 0 Å². The van der Waals surface area contributed by atoms with Crippen LogP contribution in [0.3, 0.4) is 0 Å². The number of amides is 3. The highest BCUT2D eigenvalue weighted by atomic mass is 16.3. The molecule has 0 unspecified atom stereocenters. The SMILES string of the molecule is CC(C)O.NC(N)=O.O=C1CCCN1.OCC(O)CO.OCCN(CCO)CCO.OCCNCCO. The number of aliphatic hydroxyl groups is 9. The molecule has 0 atom stereocenters. The van der Waals surface area contributed by atoms with Gasteiger partial charge in [0.05, 0.1) is 46.2 Å². The molecule has 1 aliphatic heterocycles. The number of nitrogens with one attached hydrogen (secondary N) is 2. The lowest BCUT2D eigenvalue weighted by molar-refractivity contribution is -0.119. The Morgan fingerprint density at radius 2 is 1.22 bits per heavy atom. The molecule has 0 spiro atoms. The van der Waals surface area contributed by atoms with Crippen LogP contribution in [0.5, 0.6) is 0 Å². The molecule has 1 heterocycles. The summed E-state index contributed by atoms with van der Waals surface area (Å²) in [6, 6.07) is -0.833. The highest BCUT2D eigenvalue weighted by Crippen LogP contribution is 1.93. The molecule has 0 bridgehead atoms. The Labute approximate surface area is 219 Å². The summed E-state index contributed by atoms with van der Waals surface area (Å²) >= 11 is 0. The molecule has 0 aromatic heterocycles. The predicted molar refractivity (Wildman–Crippen MR) is 138 cm³/mol. The molecule has 37 heavy (non-hydrogen) atoms. The van der Waals surface area contributed by atoms with E-state index in [9.17, 15) is 4.79 Å².